The Labute approximate surface area is 124 Å². The molecule has 2 aromatic carbocycles. The fourth-order valence-electron chi connectivity index (χ4n) is 1.79. The lowest BCUT2D eigenvalue weighted by molar-refractivity contribution is -0.385. The Morgan fingerprint density at radius 1 is 1.38 bits per heavy atom. The van der Waals surface area contributed by atoms with Gasteiger partial charge in [-0.15, -0.1) is 0 Å². The molecule has 0 saturated carbocycles. The number of nitrogens with zero attached hydrogens (tertiary/aromatic N) is 1. The minimum Gasteiger partial charge on any atom is -0.447 e. The summed E-state index contributed by atoms with van der Waals surface area (Å²) in [5, 5.41) is 20.8. The highest BCUT2D eigenvalue weighted by Crippen LogP contribution is 2.37. The fourth-order valence-corrected chi connectivity index (χ4v) is 1.95. The van der Waals surface area contributed by atoms with E-state index in [1.807, 2.05) is 0 Å². The van der Waals surface area contributed by atoms with Crippen LogP contribution in [0.25, 0.3) is 0 Å². The zero-order valence-electron chi connectivity index (χ0n) is 10.9. The van der Waals surface area contributed by atoms with Crippen LogP contribution in [0, 0.1) is 15.9 Å². The Morgan fingerprint density at radius 2 is 2.10 bits per heavy atom. The van der Waals surface area contributed by atoms with Crippen molar-refractivity contribution in [3.05, 3.63) is 62.9 Å². The van der Waals surface area contributed by atoms with E-state index in [1.54, 1.807) is 0 Å². The van der Waals surface area contributed by atoms with Gasteiger partial charge in [-0.3, -0.25) is 10.1 Å². The number of para-hydroxylation sites is 1. The number of aliphatic hydroxyl groups is 1. The van der Waals surface area contributed by atoms with E-state index in [1.165, 1.54) is 37.3 Å². The van der Waals surface area contributed by atoms with E-state index in [-0.39, 0.29) is 27.8 Å². The van der Waals surface area contributed by atoms with Gasteiger partial charge in [0.05, 0.1) is 11.0 Å². The first-order chi connectivity index (χ1) is 9.90. The molecule has 21 heavy (non-hydrogen) atoms. The SMILES string of the molecule is C[C@@H](O)c1cccc(F)c1Oc1cc(Cl)ccc1[N+](=O)[O-]. The summed E-state index contributed by atoms with van der Waals surface area (Å²) in [5.41, 5.74) is -0.163. The Hall–Kier alpha value is -2.18. The minimum atomic E-state index is -0.992. The van der Waals surface area contributed by atoms with Crippen molar-refractivity contribution in [2.75, 3.05) is 0 Å². The Morgan fingerprint density at radius 3 is 2.71 bits per heavy atom. The van der Waals surface area contributed by atoms with Gasteiger partial charge in [-0.25, -0.2) is 4.39 Å². The van der Waals surface area contributed by atoms with Gasteiger partial charge in [0, 0.05) is 22.7 Å². The van der Waals surface area contributed by atoms with Gasteiger partial charge in [-0.1, -0.05) is 23.7 Å². The first-order valence-electron chi connectivity index (χ1n) is 5.98. The van der Waals surface area contributed by atoms with Gasteiger partial charge in [0.1, 0.15) is 0 Å². The zero-order valence-corrected chi connectivity index (χ0v) is 11.7. The number of hydrogen-bond donors (Lipinski definition) is 1. The Balaban J connectivity index is 2.53. The van der Waals surface area contributed by atoms with Crippen molar-refractivity contribution < 1.29 is 19.2 Å². The summed E-state index contributed by atoms with van der Waals surface area (Å²) in [4.78, 5) is 10.3. The van der Waals surface area contributed by atoms with E-state index in [0.717, 1.165) is 6.07 Å². The molecule has 110 valence electrons. The van der Waals surface area contributed by atoms with Gasteiger partial charge in [0.25, 0.3) is 0 Å². The van der Waals surface area contributed by atoms with Gasteiger partial charge in [-0.05, 0) is 19.1 Å². The molecule has 0 bridgehead atoms. The summed E-state index contributed by atoms with van der Waals surface area (Å²) in [6.07, 6.45) is -0.992. The molecule has 0 heterocycles. The normalized spacial score (nSPS) is 12.0. The third kappa shape index (κ3) is 3.29. The lowest BCUT2D eigenvalue weighted by atomic mass is 10.1. The Bertz CT molecular complexity index is 691. The van der Waals surface area contributed by atoms with Crippen molar-refractivity contribution in [2.24, 2.45) is 0 Å². The van der Waals surface area contributed by atoms with E-state index < -0.39 is 16.8 Å². The van der Waals surface area contributed by atoms with E-state index >= 15 is 0 Å². The highest BCUT2D eigenvalue weighted by atomic mass is 35.5. The van der Waals surface area contributed by atoms with Crippen LogP contribution >= 0.6 is 11.6 Å². The van der Waals surface area contributed by atoms with Crippen molar-refractivity contribution in [2.45, 2.75) is 13.0 Å². The number of nitro groups is 1. The monoisotopic (exact) mass is 311 g/mol. The van der Waals surface area contributed by atoms with Crippen LogP contribution < -0.4 is 4.74 Å². The summed E-state index contributed by atoms with van der Waals surface area (Å²) < 4.78 is 19.2. The number of hydrogen-bond acceptors (Lipinski definition) is 4. The standard InChI is InChI=1S/C14H11ClFNO4/c1-8(18)10-3-2-4-11(16)14(10)21-13-7-9(15)5-6-12(13)17(19)20/h2-8,18H,1H3/t8-/m1/s1. The summed E-state index contributed by atoms with van der Waals surface area (Å²) >= 11 is 5.78. The highest BCUT2D eigenvalue weighted by Gasteiger charge is 2.21. The maximum absolute atomic E-state index is 13.9. The molecule has 2 rings (SSSR count). The van der Waals surface area contributed by atoms with E-state index in [9.17, 15) is 19.6 Å². The third-order valence-corrected chi connectivity index (χ3v) is 3.01. The van der Waals surface area contributed by atoms with Crippen molar-refractivity contribution in [3.8, 4) is 11.5 Å². The molecule has 0 saturated heterocycles. The van der Waals surface area contributed by atoms with Gasteiger partial charge in [0.2, 0.25) is 5.75 Å². The van der Waals surface area contributed by atoms with Crippen LogP contribution in [0.15, 0.2) is 36.4 Å². The summed E-state index contributed by atoms with van der Waals surface area (Å²) in [6.45, 7) is 1.44. The number of ether oxygens (including phenoxy) is 1. The zero-order chi connectivity index (χ0) is 15.6. The predicted molar refractivity (Wildman–Crippen MR) is 75.2 cm³/mol. The molecule has 1 atom stereocenters. The number of halogens is 2. The van der Waals surface area contributed by atoms with Crippen LogP contribution in [0.2, 0.25) is 5.02 Å². The molecule has 2 aromatic rings. The topological polar surface area (TPSA) is 72.6 Å². The summed E-state index contributed by atoms with van der Waals surface area (Å²) in [6, 6.07) is 7.75. The molecule has 0 amide bonds. The second-order valence-electron chi connectivity index (χ2n) is 4.31. The Kier molecular flexibility index (Phi) is 4.40. The third-order valence-electron chi connectivity index (χ3n) is 2.78. The predicted octanol–water partition coefficient (Wildman–Crippen LogP) is 4.23. The molecular weight excluding hydrogens is 301 g/mol. The number of benzene rings is 2. The molecule has 1 N–H and O–H groups in total. The first-order valence-corrected chi connectivity index (χ1v) is 6.36. The molecule has 0 radical (unpaired) electrons. The molecule has 0 aliphatic heterocycles. The average molecular weight is 312 g/mol. The van der Waals surface area contributed by atoms with E-state index in [2.05, 4.69) is 0 Å². The van der Waals surface area contributed by atoms with Crippen molar-refractivity contribution in [1.29, 1.82) is 0 Å². The lowest BCUT2D eigenvalue weighted by Gasteiger charge is -2.14. The van der Waals surface area contributed by atoms with Gasteiger partial charge in [-0.2, -0.15) is 0 Å². The minimum absolute atomic E-state index is 0.185. The molecule has 7 heteroatoms. The van der Waals surface area contributed by atoms with E-state index in [0.29, 0.717) is 0 Å². The number of rotatable bonds is 4. The van der Waals surface area contributed by atoms with Gasteiger partial charge >= 0.3 is 5.69 Å². The summed E-state index contributed by atoms with van der Waals surface area (Å²) in [7, 11) is 0. The maximum atomic E-state index is 13.9. The van der Waals surface area contributed by atoms with Gasteiger partial charge < -0.3 is 9.84 Å². The molecule has 5 nitrogen and oxygen atoms in total. The molecule has 0 aliphatic carbocycles. The van der Waals surface area contributed by atoms with Gasteiger partial charge in [0.15, 0.2) is 11.6 Å². The van der Waals surface area contributed by atoms with Crippen molar-refractivity contribution >= 4 is 17.3 Å². The highest BCUT2D eigenvalue weighted by molar-refractivity contribution is 6.30. The van der Waals surface area contributed by atoms with Crippen LogP contribution in [0.1, 0.15) is 18.6 Å². The van der Waals surface area contributed by atoms with Crippen LogP contribution in [0.5, 0.6) is 11.5 Å². The quantitative estimate of drug-likeness (QED) is 0.677. The van der Waals surface area contributed by atoms with E-state index in [4.69, 9.17) is 16.3 Å². The largest absolute Gasteiger partial charge is 0.447 e. The number of nitro benzene ring substituents is 1. The molecule has 0 unspecified atom stereocenters. The number of aliphatic hydroxyl groups excluding tert-OH is 1. The molecule has 0 aromatic heterocycles. The second-order valence-corrected chi connectivity index (χ2v) is 4.74. The van der Waals surface area contributed by atoms with Crippen LogP contribution in [-0.4, -0.2) is 10.0 Å². The maximum Gasteiger partial charge on any atom is 0.311 e. The van der Waals surface area contributed by atoms with Crippen LogP contribution in [0.3, 0.4) is 0 Å². The second kappa shape index (κ2) is 6.07. The van der Waals surface area contributed by atoms with Crippen LogP contribution in [-0.2, 0) is 0 Å². The molecule has 0 spiro atoms. The van der Waals surface area contributed by atoms with Crippen LogP contribution in [0.4, 0.5) is 10.1 Å². The first kappa shape index (κ1) is 15.2. The molecule has 0 aliphatic rings. The average Bonchev–Trinajstić information content (AvgIpc) is 2.40. The van der Waals surface area contributed by atoms with Crippen molar-refractivity contribution in [3.63, 3.8) is 0 Å². The molecule has 0 fully saturated rings. The smallest absolute Gasteiger partial charge is 0.311 e. The molecular formula is C14H11ClFNO4. The lowest BCUT2D eigenvalue weighted by Crippen LogP contribution is -2.00. The fraction of sp³-hybridized carbons (Fsp3) is 0.143. The summed E-state index contributed by atoms with van der Waals surface area (Å²) in [5.74, 6) is -1.19. The van der Waals surface area contributed by atoms with Crippen molar-refractivity contribution in [1.82, 2.24) is 0 Å².